The fourth-order valence-corrected chi connectivity index (χ4v) is 2.74. The Bertz CT molecular complexity index is 1240. The Hall–Kier alpha value is -5.09. The standard InChI is InChI=1S/C24H19N5O5/c25-14-16-2-6-18(7-3-16)33-21-11-10-20(22(30)27-12-1-13-28-24(31)32)23(29-21)34-19-8-4-17(15-26)5-9-19/h2-11,28H,1,12-13H2,(H,27,30)(H,31,32). The van der Waals surface area contributed by atoms with Crippen LogP contribution in [0, 0.1) is 22.7 Å². The van der Waals surface area contributed by atoms with E-state index in [0.29, 0.717) is 29.0 Å². The third-order valence-electron chi connectivity index (χ3n) is 4.40. The SMILES string of the molecule is N#Cc1ccc(Oc2ccc(C(=O)NCCCNC(=O)O)c(Oc3ccc(C#N)cc3)n2)cc1. The summed E-state index contributed by atoms with van der Waals surface area (Å²) in [5, 5.41) is 31.4. The Morgan fingerprint density at radius 1 is 0.824 bits per heavy atom. The van der Waals surface area contributed by atoms with Crippen LogP contribution in [0.2, 0.25) is 0 Å². The Labute approximate surface area is 195 Å². The summed E-state index contributed by atoms with van der Waals surface area (Å²) < 4.78 is 11.5. The van der Waals surface area contributed by atoms with Crippen LogP contribution in [0.15, 0.2) is 60.7 Å². The minimum Gasteiger partial charge on any atom is -0.465 e. The average molecular weight is 457 g/mol. The molecule has 3 rings (SSSR count). The van der Waals surface area contributed by atoms with Crippen molar-refractivity contribution in [2.24, 2.45) is 0 Å². The van der Waals surface area contributed by atoms with E-state index in [4.69, 9.17) is 25.1 Å². The Morgan fingerprint density at radius 2 is 1.38 bits per heavy atom. The molecule has 0 aliphatic carbocycles. The van der Waals surface area contributed by atoms with Gasteiger partial charge in [0.15, 0.2) is 0 Å². The van der Waals surface area contributed by atoms with Crippen LogP contribution < -0.4 is 20.1 Å². The molecule has 0 aliphatic rings. The van der Waals surface area contributed by atoms with E-state index in [2.05, 4.69) is 15.6 Å². The summed E-state index contributed by atoms with van der Waals surface area (Å²) in [6.45, 7) is 0.429. The molecule has 0 saturated carbocycles. The van der Waals surface area contributed by atoms with Gasteiger partial charge in [-0.25, -0.2) is 4.79 Å². The maximum Gasteiger partial charge on any atom is 0.404 e. The highest BCUT2D eigenvalue weighted by Crippen LogP contribution is 2.28. The Balaban J connectivity index is 1.79. The molecular formula is C24H19N5O5. The van der Waals surface area contributed by atoms with Crippen LogP contribution in [0.4, 0.5) is 4.79 Å². The predicted octanol–water partition coefficient (Wildman–Crippen LogP) is 3.80. The average Bonchev–Trinajstić information content (AvgIpc) is 2.84. The van der Waals surface area contributed by atoms with Crippen molar-refractivity contribution in [2.75, 3.05) is 13.1 Å². The van der Waals surface area contributed by atoms with Crippen LogP contribution >= 0.6 is 0 Å². The number of nitrogens with zero attached hydrogens (tertiary/aromatic N) is 3. The summed E-state index contributed by atoms with van der Waals surface area (Å²) in [5.41, 5.74) is 1.07. The quantitative estimate of drug-likeness (QED) is 0.409. The number of nitriles is 2. The lowest BCUT2D eigenvalue weighted by molar-refractivity contribution is 0.0950. The number of amides is 2. The number of hydrogen-bond acceptors (Lipinski definition) is 7. The topological polar surface area (TPSA) is 157 Å². The molecule has 2 aromatic carbocycles. The normalized spacial score (nSPS) is 9.82. The van der Waals surface area contributed by atoms with Gasteiger partial charge < -0.3 is 25.2 Å². The van der Waals surface area contributed by atoms with Crippen molar-refractivity contribution in [1.29, 1.82) is 10.5 Å². The number of aromatic nitrogens is 1. The van der Waals surface area contributed by atoms with Gasteiger partial charge in [-0.15, -0.1) is 0 Å². The Kier molecular flexibility index (Phi) is 7.98. The zero-order valence-electron chi connectivity index (χ0n) is 17.8. The predicted molar refractivity (Wildman–Crippen MR) is 120 cm³/mol. The molecule has 10 heteroatoms. The van der Waals surface area contributed by atoms with E-state index in [1.807, 2.05) is 12.1 Å². The summed E-state index contributed by atoms with van der Waals surface area (Å²) in [4.78, 5) is 27.5. The molecule has 0 aliphatic heterocycles. The zero-order valence-corrected chi connectivity index (χ0v) is 17.8. The molecule has 3 aromatic rings. The summed E-state index contributed by atoms with van der Waals surface area (Å²) in [6, 6.07) is 19.8. The molecule has 0 unspecified atom stereocenters. The maximum absolute atomic E-state index is 12.7. The van der Waals surface area contributed by atoms with E-state index in [1.165, 1.54) is 12.1 Å². The molecule has 0 radical (unpaired) electrons. The van der Waals surface area contributed by atoms with Crippen LogP contribution in [-0.4, -0.2) is 35.2 Å². The lowest BCUT2D eigenvalue weighted by Gasteiger charge is -2.13. The van der Waals surface area contributed by atoms with Crippen molar-refractivity contribution >= 4 is 12.0 Å². The van der Waals surface area contributed by atoms with Gasteiger partial charge in [0.25, 0.3) is 5.91 Å². The second-order valence-corrected chi connectivity index (χ2v) is 6.82. The number of carbonyl (C=O) groups is 2. The van der Waals surface area contributed by atoms with Gasteiger partial charge in [0.05, 0.1) is 23.3 Å². The summed E-state index contributed by atoms with van der Waals surface area (Å²) >= 11 is 0. The van der Waals surface area contributed by atoms with E-state index < -0.39 is 12.0 Å². The molecule has 10 nitrogen and oxygen atoms in total. The molecule has 0 saturated heterocycles. The number of ether oxygens (including phenoxy) is 2. The van der Waals surface area contributed by atoms with E-state index in [-0.39, 0.29) is 30.4 Å². The third kappa shape index (κ3) is 6.70. The number of pyridine rings is 1. The zero-order chi connectivity index (χ0) is 24.3. The minimum atomic E-state index is -1.13. The van der Waals surface area contributed by atoms with Gasteiger partial charge >= 0.3 is 6.09 Å². The Morgan fingerprint density at radius 3 is 1.94 bits per heavy atom. The number of carboxylic acid groups (broad SMARTS) is 1. The van der Waals surface area contributed by atoms with E-state index in [1.54, 1.807) is 48.5 Å². The van der Waals surface area contributed by atoms with Gasteiger partial charge in [-0.3, -0.25) is 4.79 Å². The molecule has 0 atom stereocenters. The van der Waals surface area contributed by atoms with E-state index in [9.17, 15) is 9.59 Å². The van der Waals surface area contributed by atoms with Crippen molar-refractivity contribution in [2.45, 2.75) is 6.42 Å². The summed E-state index contributed by atoms with van der Waals surface area (Å²) in [7, 11) is 0. The van der Waals surface area contributed by atoms with Gasteiger partial charge in [0.2, 0.25) is 11.8 Å². The van der Waals surface area contributed by atoms with Crippen molar-refractivity contribution in [3.05, 3.63) is 77.4 Å². The second kappa shape index (κ2) is 11.5. The summed E-state index contributed by atoms with van der Waals surface area (Å²) in [5.74, 6) is 0.490. The second-order valence-electron chi connectivity index (χ2n) is 6.82. The molecular weight excluding hydrogens is 438 g/mol. The van der Waals surface area contributed by atoms with Crippen molar-refractivity contribution in [1.82, 2.24) is 15.6 Å². The van der Waals surface area contributed by atoms with Crippen LogP contribution in [0.1, 0.15) is 27.9 Å². The highest BCUT2D eigenvalue weighted by Gasteiger charge is 2.17. The first-order valence-corrected chi connectivity index (χ1v) is 10.1. The van der Waals surface area contributed by atoms with Gasteiger partial charge in [-0.1, -0.05) is 0 Å². The highest BCUT2D eigenvalue weighted by atomic mass is 16.5. The maximum atomic E-state index is 12.7. The minimum absolute atomic E-state index is 0.0167. The van der Waals surface area contributed by atoms with E-state index in [0.717, 1.165) is 0 Å². The first-order chi connectivity index (χ1) is 16.5. The lowest BCUT2D eigenvalue weighted by atomic mass is 10.2. The van der Waals surface area contributed by atoms with Gasteiger partial charge in [-0.05, 0) is 61.0 Å². The molecule has 2 amide bonds. The van der Waals surface area contributed by atoms with Crippen LogP contribution in [-0.2, 0) is 0 Å². The molecule has 1 heterocycles. The van der Waals surface area contributed by atoms with Crippen LogP contribution in [0.3, 0.4) is 0 Å². The highest BCUT2D eigenvalue weighted by molar-refractivity contribution is 5.96. The van der Waals surface area contributed by atoms with E-state index >= 15 is 0 Å². The molecule has 0 spiro atoms. The monoisotopic (exact) mass is 457 g/mol. The first kappa shape index (κ1) is 23.6. The van der Waals surface area contributed by atoms with Crippen LogP contribution in [0.5, 0.6) is 23.3 Å². The number of benzene rings is 2. The molecule has 0 fully saturated rings. The fourth-order valence-electron chi connectivity index (χ4n) is 2.74. The molecule has 1 aromatic heterocycles. The van der Waals surface area contributed by atoms with Crippen molar-refractivity contribution < 1.29 is 24.2 Å². The third-order valence-corrected chi connectivity index (χ3v) is 4.40. The van der Waals surface area contributed by atoms with Gasteiger partial charge in [0.1, 0.15) is 17.1 Å². The van der Waals surface area contributed by atoms with Gasteiger partial charge in [-0.2, -0.15) is 15.5 Å². The molecule has 170 valence electrons. The van der Waals surface area contributed by atoms with Crippen molar-refractivity contribution in [3.63, 3.8) is 0 Å². The van der Waals surface area contributed by atoms with Crippen molar-refractivity contribution in [3.8, 4) is 35.4 Å². The first-order valence-electron chi connectivity index (χ1n) is 10.1. The van der Waals surface area contributed by atoms with Crippen LogP contribution in [0.25, 0.3) is 0 Å². The number of nitrogens with one attached hydrogen (secondary N) is 2. The summed E-state index contributed by atoms with van der Waals surface area (Å²) in [6.07, 6.45) is -0.733. The smallest absolute Gasteiger partial charge is 0.404 e. The molecule has 34 heavy (non-hydrogen) atoms. The number of hydrogen-bond donors (Lipinski definition) is 3. The number of rotatable bonds is 9. The largest absolute Gasteiger partial charge is 0.465 e. The molecule has 0 bridgehead atoms. The van der Waals surface area contributed by atoms with Gasteiger partial charge in [0, 0.05) is 19.2 Å². The number of carbonyl (C=O) groups excluding carboxylic acids is 1. The molecule has 3 N–H and O–H groups in total. The lowest BCUT2D eigenvalue weighted by Crippen LogP contribution is -2.29. The fraction of sp³-hybridized carbons (Fsp3) is 0.125.